The summed E-state index contributed by atoms with van der Waals surface area (Å²) in [6.07, 6.45) is 7.71. The zero-order valence-corrected chi connectivity index (χ0v) is 15.9. The van der Waals surface area contributed by atoms with Crippen LogP contribution in [-0.2, 0) is 4.79 Å². The number of aromatic amines is 1. The number of nitrogens with zero attached hydrogens (tertiary/aromatic N) is 2. The second kappa shape index (κ2) is 7.28. The number of para-hydroxylation sites is 1. The van der Waals surface area contributed by atoms with Crippen molar-refractivity contribution in [2.24, 2.45) is 5.92 Å². The van der Waals surface area contributed by atoms with Gasteiger partial charge in [-0.25, -0.2) is 0 Å². The summed E-state index contributed by atoms with van der Waals surface area (Å²) in [5.41, 5.74) is 3.89. The van der Waals surface area contributed by atoms with Gasteiger partial charge in [-0.15, -0.1) is 0 Å². The van der Waals surface area contributed by atoms with Crippen LogP contribution in [0.25, 0.3) is 16.5 Å². The van der Waals surface area contributed by atoms with Crippen LogP contribution in [0.3, 0.4) is 0 Å². The average molecular weight is 351 g/mol. The maximum atomic E-state index is 12.8. The number of piperidine rings is 1. The molecule has 26 heavy (non-hydrogen) atoms. The molecule has 1 saturated heterocycles. The van der Waals surface area contributed by atoms with Crippen LogP contribution in [0.15, 0.2) is 36.5 Å². The smallest absolute Gasteiger partial charge is 0.239 e. The van der Waals surface area contributed by atoms with Gasteiger partial charge in [-0.3, -0.25) is 9.69 Å². The maximum Gasteiger partial charge on any atom is 0.239 e. The molecule has 2 aliphatic heterocycles. The van der Waals surface area contributed by atoms with E-state index in [0.29, 0.717) is 5.91 Å². The standard InChI is InChI=1S/C22H29N3O/c1-16-7-11-25(12-8-16)22(26)17(2)24-13-9-18(10-14-24)20-15-23-21-6-4-3-5-19(20)21/h3-6,9,15-17,23H,7-8,10-14H2,1-2H3. The van der Waals surface area contributed by atoms with Crippen molar-refractivity contribution in [1.82, 2.24) is 14.8 Å². The first kappa shape index (κ1) is 17.3. The van der Waals surface area contributed by atoms with Crippen LogP contribution in [-0.4, -0.2) is 52.9 Å². The molecule has 2 aromatic rings. The van der Waals surface area contributed by atoms with Crippen molar-refractivity contribution in [1.29, 1.82) is 0 Å². The third-order valence-electron chi connectivity index (χ3n) is 6.18. The third kappa shape index (κ3) is 3.30. The molecule has 1 atom stereocenters. The zero-order valence-electron chi connectivity index (χ0n) is 15.9. The number of amides is 1. The SMILES string of the molecule is CC1CCN(C(=O)C(C)N2CC=C(c3c[nH]c4ccccc34)CC2)CC1. The van der Waals surface area contributed by atoms with E-state index < -0.39 is 0 Å². The number of likely N-dealkylation sites (tertiary alicyclic amines) is 1. The van der Waals surface area contributed by atoms with Crippen molar-refractivity contribution in [3.8, 4) is 0 Å². The first-order valence-corrected chi connectivity index (χ1v) is 9.92. The van der Waals surface area contributed by atoms with Crippen molar-refractivity contribution >= 4 is 22.4 Å². The molecule has 1 aromatic heterocycles. The minimum absolute atomic E-state index is 0.0239. The minimum atomic E-state index is -0.0239. The molecule has 0 radical (unpaired) electrons. The predicted molar refractivity (Wildman–Crippen MR) is 107 cm³/mol. The van der Waals surface area contributed by atoms with Gasteiger partial charge in [0.25, 0.3) is 0 Å². The summed E-state index contributed by atoms with van der Waals surface area (Å²) in [4.78, 5) is 20.6. The van der Waals surface area contributed by atoms with E-state index in [0.717, 1.165) is 51.4 Å². The lowest BCUT2D eigenvalue weighted by molar-refractivity contribution is -0.137. The van der Waals surface area contributed by atoms with E-state index in [2.05, 4.69) is 65.2 Å². The highest BCUT2D eigenvalue weighted by atomic mass is 16.2. The van der Waals surface area contributed by atoms with E-state index in [1.54, 1.807) is 0 Å². The number of hydrogen-bond acceptors (Lipinski definition) is 2. The van der Waals surface area contributed by atoms with Gasteiger partial charge in [-0.2, -0.15) is 0 Å². The van der Waals surface area contributed by atoms with Crippen molar-refractivity contribution in [3.63, 3.8) is 0 Å². The number of nitrogens with one attached hydrogen (secondary N) is 1. The van der Waals surface area contributed by atoms with Gasteiger partial charge in [0, 0.05) is 48.8 Å². The Balaban J connectivity index is 1.43. The molecule has 3 heterocycles. The van der Waals surface area contributed by atoms with E-state index in [4.69, 9.17) is 0 Å². The Bertz CT molecular complexity index is 814. The Hall–Kier alpha value is -2.07. The van der Waals surface area contributed by atoms with Crippen molar-refractivity contribution < 1.29 is 4.79 Å². The van der Waals surface area contributed by atoms with Gasteiger partial charge in [0.05, 0.1) is 6.04 Å². The predicted octanol–water partition coefficient (Wildman–Crippen LogP) is 3.90. The first-order valence-electron chi connectivity index (χ1n) is 9.92. The average Bonchev–Trinajstić information content (AvgIpc) is 3.12. The second-order valence-electron chi connectivity index (χ2n) is 7.91. The van der Waals surface area contributed by atoms with Gasteiger partial charge in [0.1, 0.15) is 0 Å². The van der Waals surface area contributed by atoms with E-state index in [1.807, 2.05) is 0 Å². The maximum absolute atomic E-state index is 12.8. The molecule has 138 valence electrons. The molecule has 4 heteroatoms. The Morgan fingerprint density at radius 3 is 2.69 bits per heavy atom. The van der Waals surface area contributed by atoms with Gasteiger partial charge in [-0.05, 0) is 43.7 Å². The molecule has 1 unspecified atom stereocenters. The highest BCUT2D eigenvalue weighted by Gasteiger charge is 2.29. The molecule has 1 N–H and O–H groups in total. The minimum Gasteiger partial charge on any atom is -0.361 e. The topological polar surface area (TPSA) is 39.3 Å². The normalized spacial score (nSPS) is 21.0. The number of carbonyl (C=O) groups is 1. The van der Waals surface area contributed by atoms with E-state index in [9.17, 15) is 4.79 Å². The van der Waals surface area contributed by atoms with E-state index >= 15 is 0 Å². The summed E-state index contributed by atoms with van der Waals surface area (Å²) in [5.74, 6) is 1.06. The Labute approximate surface area is 155 Å². The third-order valence-corrected chi connectivity index (χ3v) is 6.18. The molecule has 0 bridgehead atoms. The lowest BCUT2D eigenvalue weighted by Gasteiger charge is -2.37. The molecule has 4 rings (SSSR count). The summed E-state index contributed by atoms with van der Waals surface area (Å²) in [5, 5.41) is 1.29. The summed E-state index contributed by atoms with van der Waals surface area (Å²) < 4.78 is 0. The van der Waals surface area contributed by atoms with Crippen LogP contribution in [0.2, 0.25) is 0 Å². The van der Waals surface area contributed by atoms with Gasteiger partial charge < -0.3 is 9.88 Å². The number of aromatic nitrogens is 1. The van der Waals surface area contributed by atoms with Crippen LogP contribution in [0.5, 0.6) is 0 Å². The number of carbonyl (C=O) groups excluding carboxylic acids is 1. The van der Waals surface area contributed by atoms with E-state index in [1.165, 1.54) is 22.0 Å². The van der Waals surface area contributed by atoms with Gasteiger partial charge >= 0.3 is 0 Å². The number of H-pyrrole nitrogens is 1. The molecule has 0 aliphatic carbocycles. The van der Waals surface area contributed by atoms with Gasteiger partial charge in [-0.1, -0.05) is 31.2 Å². The fourth-order valence-electron chi connectivity index (χ4n) is 4.27. The van der Waals surface area contributed by atoms with Gasteiger partial charge in [0.2, 0.25) is 5.91 Å². The molecule has 1 fully saturated rings. The zero-order chi connectivity index (χ0) is 18.1. The molecular formula is C22H29N3O. The quantitative estimate of drug-likeness (QED) is 0.911. The molecule has 0 saturated carbocycles. The number of rotatable bonds is 3. The van der Waals surface area contributed by atoms with Gasteiger partial charge in [0.15, 0.2) is 0 Å². The van der Waals surface area contributed by atoms with Crippen molar-refractivity contribution in [2.45, 2.75) is 39.2 Å². The monoisotopic (exact) mass is 351 g/mol. The lowest BCUT2D eigenvalue weighted by atomic mass is 9.97. The fraction of sp³-hybridized carbons (Fsp3) is 0.500. The van der Waals surface area contributed by atoms with E-state index in [-0.39, 0.29) is 6.04 Å². The fourth-order valence-corrected chi connectivity index (χ4v) is 4.27. The number of benzene rings is 1. The second-order valence-corrected chi connectivity index (χ2v) is 7.91. The summed E-state index contributed by atoms with van der Waals surface area (Å²) in [6, 6.07) is 8.43. The molecule has 4 nitrogen and oxygen atoms in total. The lowest BCUT2D eigenvalue weighted by Crippen LogP contribution is -2.50. The number of hydrogen-bond donors (Lipinski definition) is 1. The molecule has 1 aromatic carbocycles. The van der Waals surface area contributed by atoms with Crippen LogP contribution in [0.4, 0.5) is 0 Å². The molecule has 0 spiro atoms. The van der Waals surface area contributed by atoms with Crippen LogP contribution in [0, 0.1) is 5.92 Å². The first-order chi connectivity index (χ1) is 12.6. The van der Waals surface area contributed by atoms with Crippen molar-refractivity contribution in [2.75, 3.05) is 26.2 Å². The highest BCUT2D eigenvalue weighted by molar-refractivity contribution is 5.92. The van der Waals surface area contributed by atoms with Crippen LogP contribution >= 0.6 is 0 Å². The molecule has 1 amide bonds. The highest BCUT2D eigenvalue weighted by Crippen LogP contribution is 2.29. The Morgan fingerprint density at radius 1 is 1.19 bits per heavy atom. The Kier molecular flexibility index (Phi) is 4.86. The van der Waals surface area contributed by atoms with Crippen molar-refractivity contribution in [3.05, 3.63) is 42.1 Å². The number of fused-ring (bicyclic) bond motifs is 1. The molecule has 2 aliphatic rings. The largest absolute Gasteiger partial charge is 0.361 e. The summed E-state index contributed by atoms with van der Waals surface area (Å²) in [7, 11) is 0. The molecular weight excluding hydrogens is 322 g/mol. The van der Waals surface area contributed by atoms with Crippen LogP contribution < -0.4 is 0 Å². The summed E-state index contributed by atoms with van der Waals surface area (Å²) >= 11 is 0. The summed E-state index contributed by atoms with van der Waals surface area (Å²) in [6.45, 7) is 8.01. The van der Waals surface area contributed by atoms with Crippen LogP contribution in [0.1, 0.15) is 38.7 Å². The Morgan fingerprint density at radius 2 is 1.96 bits per heavy atom.